The second-order valence-electron chi connectivity index (χ2n) is 13.8. The van der Waals surface area contributed by atoms with Crippen LogP contribution in [0.1, 0.15) is 72.5 Å². The Balaban J connectivity index is 0.961. The number of aliphatic imine (C=N–C) groups is 1. The third-order valence-electron chi connectivity index (χ3n) is 10.3. The summed E-state index contributed by atoms with van der Waals surface area (Å²) in [6.45, 7) is 4.32. The SMILES string of the molecule is CC(=O)Oc1ccc(-c2ccc(C=Nc3ccc(C(=O)NCC45C[C@H]6C[C@@H](C4)CC(c4ccc(C)cc4)(C6)C5)cc3)cc2)cc1. The first-order valence-electron chi connectivity index (χ1n) is 16.2. The average molecular weight is 597 g/mol. The highest BCUT2D eigenvalue weighted by Crippen LogP contribution is 2.65. The molecular weight excluding hydrogens is 556 g/mol. The fraction of sp³-hybridized carbons (Fsp3) is 0.325. The summed E-state index contributed by atoms with van der Waals surface area (Å²) in [6.07, 6.45) is 9.49. The maximum atomic E-state index is 13.3. The molecule has 4 saturated carbocycles. The molecule has 0 aromatic heterocycles. The maximum Gasteiger partial charge on any atom is 0.308 e. The number of nitrogens with one attached hydrogen (secondary N) is 1. The number of amides is 1. The van der Waals surface area contributed by atoms with Crippen LogP contribution in [-0.2, 0) is 10.2 Å². The number of carbonyl (C=O) groups is 2. The summed E-state index contributed by atoms with van der Waals surface area (Å²) in [4.78, 5) is 29.0. The van der Waals surface area contributed by atoms with Crippen molar-refractivity contribution >= 4 is 23.8 Å². The second-order valence-corrected chi connectivity index (χ2v) is 13.8. The molecule has 4 aromatic rings. The number of benzene rings is 4. The van der Waals surface area contributed by atoms with Crippen molar-refractivity contribution in [2.24, 2.45) is 22.2 Å². The third-order valence-corrected chi connectivity index (χ3v) is 10.3. The second kappa shape index (κ2) is 11.8. The van der Waals surface area contributed by atoms with Gasteiger partial charge in [0.05, 0.1) is 5.69 Å². The van der Waals surface area contributed by atoms with Crippen LogP contribution in [0.15, 0.2) is 102 Å². The van der Waals surface area contributed by atoms with Gasteiger partial charge in [-0.05, 0) is 127 Å². The minimum absolute atomic E-state index is 0.00198. The number of nitrogens with zero attached hydrogens (tertiary/aromatic N) is 1. The van der Waals surface area contributed by atoms with Crippen molar-refractivity contribution in [1.29, 1.82) is 0 Å². The monoisotopic (exact) mass is 596 g/mol. The van der Waals surface area contributed by atoms with Gasteiger partial charge in [-0.15, -0.1) is 0 Å². The molecule has 4 aromatic carbocycles. The molecule has 8 rings (SSSR count). The molecule has 0 radical (unpaired) electrons. The first-order valence-corrected chi connectivity index (χ1v) is 16.2. The van der Waals surface area contributed by atoms with E-state index in [2.05, 4.69) is 41.5 Å². The van der Waals surface area contributed by atoms with Crippen molar-refractivity contribution in [3.63, 3.8) is 0 Å². The van der Waals surface area contributed by atoms with E-state index in [4.69, 9.17) is 4.74 Å². The first-order chi connectivity index (χ1) is 21.8. The molecule has 228 valence electrons. The lowest BCUT2D eigenvalue weighted by molar-refractivity contribution is -0.131. The highest BCUT2D eigenvalue weighted by atomic mass is 16.5. The van der Waals surface area contributed by atoms with E-state index in [1.165, 1.54) is 56.6 Å². The topological polar surface area (TPSA) is 67.8 Å². The molecule has 4 fully saturated rings. The van der Waals surface area contributed by atoms with E-state index in [1.807, 2.05) is 66.9 Å². The van der Waals surface area contributed by atoms with Crippen LogP contribution >= 0.6 is 0 Å². The van der Waals surface area contributed by atoms with Gasteiger partial charge in [0.1, 0.15) is 5.75 Å². The summed E-state index contributed by atoms with van der Waals surface area (Å²) in [6, 6.07) is 32.4. The quantitative estimate of drug-likeness (QED) is 0.126. The Morgan fingerprint density at radius 2 is 1.44 bits per heavy atom. The largest absolute Gasteiger partial charge is 0.427 e. The molecule has 0 aliphatic heterocycles. The molecule has 0 spiro atoms. The van der Waals surface area contributed by atoms with E-state index < -0.39 is 0 Å². The van der Waals surface area contributed by atoms with Crippen LogP contribution in [0.5, 0.6) is 5.75 Å². The van der Waals surface area contributed by atoms with E-state index >= 15 is 0 Å². The highest BCUT2D eigenvalue weighted by Gasteiger charge is 2.58. The molecular formula is C40H40N2O3. The molecule has 45 heavy (non-hydrogen) atoms. The van der Waals surface area contributed by atoms with Gasteiger partial charge in [0.2, 0.25) is 0 Å². The summed E-state index contributed by atoms with van der Waals surface area (Å²) < 4.78 is 5.12. The molecule has 1 N–H and O–H groups in total. The van der Waals surface area contributed by atoms with Gasteiger partial charge in [0.25, 0.3) is 5.91 Å². The molecule has 5 nitrogen and oxygen atoms in total. The van der Waals surface area contributed by atoms with E-state index in [0.717, 1.165) is 40.8 Å². The Morgan fingerprint density at radius 3 is 2.07 bits per heavy atom. The summed E-state index contributed by atoms with van der Waals surface area (Å²) in [5, 5.41) is 3.34. The lowest BCUT2D eigenvalue weighted by Gasteiger charge is -2.62. The molecule has 4 aliphatic rings. The average Bonchev–Trinajstić information content (AvgIpc) is 3.03. The summed E-state index contributed by atoms with van der Waals surface area (Å²) in [5.74, 6) is 1.76. The Kier molecular flexibility index (Phi) is 7.64. The van der Waals surface area contributed by atoms with Crippen LogP contribution in [0.4, 0.5) is 5.69 Å². The van der Waals surface area contributed by atoms with E-state index in [-0.39, 0.29) is 22.7 Å². The molecule has 4 atom stereocenters. The van der Waals surface area contributed by atoms with Crippen LogP contribution in [0.3, 0.4) is 0 Å². The van der Waals surface area contributed by atoms with Gasteiger partial charge >= 0.3 is 5.97 Å². The van der Waals surface area contributed by atoms with E-state index in [9.17, 15) is 9.59 Å². The third kappa shape index (κ3) is 6.22. The lowest BCUT2D eigenvalue weighted by Crippen LogP contribution is -2.57. The smallest absolute Gasteiger partial charge is 0.308 e. The predicted molar refractivity (Wildman–Crippen MR) is 179 cm³/mol. The Bertz CT molecular complexity index is 1710. The minimum atomic E-state index is -0.330. The van der Waals surface area contributed by atoms with Gasteiger partial charge in [-0.25, -0.2) is 0 Å². The molecule has 1 amide bonds. The van der Waals surface area contributed by atoms with Crippen molar-refractivity contribution in [2.45, 2.75) is 57.8 Å². The molecule has 4 aliphatic carbocycles. The van der Waals surface area contributed by atoms with Crippen molar-refractivity contribution in [1.82, 2.24) is 5.32 Å². The van der Waals surface area contributed by atoms with E-state index in [1.54, 1.807) is 12.1 Å². The van der Waals surface area contributed by atoms with Crippen LogP contribution in [0.2, 0.25) is 0 Å². The molecule has 4 bridgehead atoms. The number of hydrogen-bond acceptors (Lipinski definition) is 4. The molecule has 0 saturated heterocycles. The molecule has 5 heteroatoms. The predicted octanol–water partition coefficient (Wildman–Crippen LogP) is 8.61. The molecule has 2 unspecified atom stereocenters. The summed E-state index contributed by atoms with van der Waals surface area (Å²) in [7, 11) is 0. The lowest BCUT2D eigenvalue weighted by atomic mass is 9.43. The molecule has 0 heterocycles. The van der Waals surface area contributed by atoms with Gasteiger partial charge in [-0.3, -0.25) is 14.6 Å². The van der Waals surface area contributed by atoms with Gasteiger partial charge in [0.15, 0.2) is 0 Å². The minimum Gasteiger partial charge on any atom is -0.427 e. The van der Waals surface area contributed by atoms with Gasteiger partial charge in [-0.2, -0.15) is 0 Å². The van der Waals surface area contributed by atoms with Gasteiger partial charge < -0.3 is 10.1 Å². The van der Waals surface area contributed by atoms with Crippen LogP contribution in [0, 0.1) is 24.2 Å². The van der Waals surface area contributed by atoms with Crippen molar-refractivity contribution in [3.05, 3.63) is 119 Å². The van der Waals surface area contributed by atoms with Crippen LogP contribution in [-0.4, -0.2) is 24.6 Å². The van der Waals surface area contributed by atoms with Crippen LogP contribution < -0.4 is 10.1 Å². The van der Waals surface area contributed by atoms with Crippen molar-refractivity contribution in [3.8, 4) is 16.9 Å². The Hall–Kier alpha value is -4.51. The Labute approximate surface area is 265 Å². The zero-order valence-corrected chi connectivity index (χ0v) is 26.1. The highest BCUT2D eigenvalue weighted by molar-refractivity contribution is 5.94. The maximum absolute atomic E-state index is 13.3. The first kappa shape index (κ1) is 29.2. The van der Waals surface area contributed by atoms with Crippen molar-refractivity contribution in [2.75, 3.05) is 6.54 Å². The van der Waals surface area contributed by atoms with Gasteiger partial charge in [-0.1, -0.05) is 66.2 Å². The number of carbonyl (C=O) groups excluding carboxylic acids is 2. The number of ether oxygens (including phenoxy) is 1. The standard InChI is InChI=1S/C40H40N2O3/c1-27-3-13-35(14-4-27)40-22-30-19-31(23-40)21-39(20-30,25-40)26-42-38(44)34-9-15-36(16-10-34)41-24-29-5-7-32(8-6-29)33-11-17-37(18-12-33)45-28(2)43/h3-18,24,30-31H,19-23,25-26H2,1-2H3,(H,42,44)/t30-,31+,39?,40?. The number of esters is 1. The fourth-order valence-electron chi connectivity index (χ4n) is 8.76. The Morgan fingerprint density at radius 1 is 0.822 bits per heavy atom. The van der Waals surface area contributed by atoms with E-state index in [0.29, 0.717) is 11.3 Å². The van der Waals surface area contributed by atoms with Gasteiger partial charge in [0, 0.05) is 25.2 Å². The zero-order valence-electron chi connectivity index (χ0n) is 26.1. The summed E-state index contributed by atoms with van der Waals surface area (Å²) in [5.41, 5.74) is 7.88. The number of hydrogen-bond donors (Lipinski definition) is 1. The van der Waals surface area contributed by atoms with Crippen LogP contribution in [0.25, 0.3) is 11.1 Å². The van der Waals surface area contributed by atoms with Crippen molar-refractivity contribution < 1.29 is 14.3 Å². The zero-order chi connectivity index (χ0) is 31.0. The number of rotatable bonds is 8. The summed E-state index contributed by atoms with van der Waals surface area (Å²) >= 11 is 0. The number of aryl methyl sites for hydroxylation is 1. The normalized spacial score (nSPS) is 24.9. The fourth-order valence-corrected chi connectivity index (χ4v) is 8.76.